The summed E-state index contributed by atoms with van der Waals surface area (Å²) in [5, 5.41) is 13.1. The van der Waals surface area contributed by atoms with Crippen LogP contribution in [0.2, 0.25) is 0 Å². The van der Waals surface area contributed by atoms with E-state index in [4.69, 9.17) is 24.3 Å². The van der Waals surface area contributed by atoms with Crippen molar-refractivity contribution < 1.29 is 33.0 Å². The molecule has 2 aromatic heterocycles. The molecule has 1 aliphatic heterocycles. The number of aromatic nitrogens is 4. The number of aromatic amines is 1. The Morgan fingerprint density at radius 2 is 2.05 bits per heavy atom. The summed E-state index contributed by atoms with van der Waals surface area (Å²) in [4.78, 5) is 34.7. The Morgan fingerprint density at radius 1 is 1.32 bits per heavy atom. The van der Waals surface area contributed by atoms with Crippen LogP contribution in [-0.2, 0) is 23.4 Å². The molecule has 0 saturated carbocycles. The first-order valence-electron chi connectivity index (χ1n) is 11.3. The monoisotopic (exact) mass is 534 g/mol. The number of anilines is 1. The lowest BCUT2D eigenvalue weighted by Gasteiger charge is -2.24. The third-order valence-corrected chi connectivity index (χ3v) is 6.67. The molecule has 0 radical (unpaired) electrons. The number of fused-ring (bicyclic) bond motifs is 1. The number of carbonyl (C=O) groups excluding carboxylic acids is 1. The van der Waals surface area contributed by atoms with Gasteiger partial charge in [0.05, 0.1) is 6.10 Å². The second kappa shape index (κ2) is 10.7. The quantitative estimate of drug-likeness (QED) is 0.217. The minimum absolute atomic E-state index is 0.0157. The predicted molar refractivity (Wildman–Crippen MR) is 131 cm³/mol. The molecule has 0 bridgehead atoms. The summed E-state index contributed by atoms with van der Waals surface area (Å²) in [5.41, 5.74) is 5.21. The Kier molecular flexibility index (Phi) is 7.64. The number of H-pyrrole nitrogens is 1. The van der Waals surface area contributed by atoms with Crippen LogP contribution in [0.5, 0.6) is 5.75 Å². The topological polar surface area (TPSA) is 193 Å². The summed E-state index contributed by atoms with van der Waals surface area (Å²) in [5.74, 6) is -0.413. The first-order valence-corrected chi connectivity index (χ1v) is 12.8. The van der Waals surface area contributed by atoms with Gasteiger partial charge in [0.25, 0.3) is 5.56 Å². The largest absolute Gasteiger partial charge is 0.469 e. The van der Waals surface area contributed by atoms with Gasteiger partial charge in [-0.05, 0) is 39.0 Å². The van der Waals surface area contributed by atoms with Crippen molar-refractivity contribution in [2.24, 2.45) is 0 Å². The fraction of sp³-hybridized carbons (Fsp3) is 0.364. The Labute approximate surface area is 211 Å². The second-order valence-corrected chi connectivity index (χ2v) is 10.1. The molecule has 37 heavy (non-hydrogen) atoms. The van der Waals surface area contributed by atoms with Crippen molar-refractivity contribution >= 4 is 30.8 Å². The van der Waals surface area contributed by atoms with E-state index in [2.05, 4.69) is 20.0 Å². The van der Waals surface area contributed by atoms with Crippen LogP contribution in [0.1, 0.15) is 27.0 Å². The van der Waals surface area contributed by atoms with Gasteiger partial charge in [0.1, 0.15) is 36.6 Å². The lowest BCUT2D eigenvalue weighted by atomic mass is 10.3. The number of para-hydroxylation sites is 1. The molecule has 4 atom stereocenters. The van der Waals surface area contributed by atoms with Gasteiger partial charge in [-0.2, -0.15) is 10.1 Å². The molecule has 3 aromatic rings. The van der Waals surface area contributed by atoms with Gasteiger partial charge in [-0.25, -0.2) is 9.55 Å². The SMILES string of the molecule is CC(C)OC(=O)[C@H](C)N[P@](=O)(OCC1=C[C@@H](O)[C@H](n2cnc3c(=O)[nH]c(N)nc32)O1)Oc1ccccc1. The third-order valence-electron chi connectivity index (χ3n) is 5.05. The average Bonchev–Trinajstić information content (AvgIpc) is 3.41. The lowest BCUT2D eigenvalue weighted by Crippen LogP contribution is -2.36. The number of hydrogen-bond donors (Lipinski definition) is 4. The van der Waals surface area contributed by atoms with Gasteiger partial charge >= 0.3 is 13.7 Å². The number of carbonyl (C=O) groups is 1. The molecule has 0 aliphatic carbocycles. The van der Waals surface area contributed by atoms with Crippen molar-refractivity contribution in [2.45, 2.75) is 45.2 Å². The van der Waals surface area contributed by atoms with Crippen LogP contribution >= 0.6 is 7.75 Å². The molecule has 0 saturated heterocycles. The maximum Gasteiger partial charge on any atom is 0.459 e. The molecule has 5 N–H and O–H groups in total. The molecule has 198 valence electrons. The van der Waals surface area contributed by atoms with E-state index in [9.17, 15) is 19.3 Å². The molecular formula is C22H27N6O8P. The van der Waals surface area contributed by atoms with Gasteiger partial charge in [-0.3, -0.25) is 23.7 Å². The number of aliphatic hydroxyl groups is 1. The highest BCUT2D eigenvalue weighted by molar-refractivity contribution is 7.52. The molecule has 3 heterocycles. The lowest BCUT2D eigenvalue weighted by molar-refractivity contribution is -0.149. The summed E-state index contributed by atoms with van der Waals surface area (Å²) >= 11 is 0. The Hall–Kier alpha value is -3.71. The van der Waals surface area contributed by atoms with Gasteiger partial charge in [0.15, 0.2) is 11.2 Å². The fourth-order valence-corrected chi connectivity index (χ4v) is 4.91. The van der Waals surface area contributed by atoms with Crippen LogP contribution in [0, 0.1) is 0 Å². The van der Waals surface area contributed by atoms with Crippen molar-refractivity contribution in [1.29, 1.82) is 0 Å². The van der Waals surface area contributed by atoms with Gasteiger partial charge in [-0.15, -0.1) is 0 Å². The average molecular weight is 534 g/mol. The molecule has 0 amide bonds. The van der Waals surface area contributed by atoms with E-state index >= 15 is 0 Å². The Bertz CT molecular complexity index is 1410. The summed E-state index contributed by atoms with van der Waals surface area (Å²) in [6.45, 7) is 4.46. The zero-order chi connectivity index (χ0) is 26.7. The summed E-state index contributed by atoms with van der Waals surface area (Å²) in [6.07, 6.45) is 0.0313. The number of nitrogens with zero attached hydrogens (tertiary/aromatic N) is 3. The molecule has 0 unspecified atom stereocenters. The van der Waals surface area contributed by atoms with Crippen molar-refractivity contribution in [3.8, 4) is 5.75 Å². The number of rotatable bonds is 10. The molecular weight excluding hydrogens is 507 g/mol. The maximum atomic E-state index is 13.6. The number of nitrogen functional groups attached to an aromatic ring is 1. The minimum Gasteiger partial charge on any atom is -0.469 e. The minimum atomic E-state index is -4.15. The number of imidazole rings is 1. The summed E-state index contributed by atoms with van der Waals surface area (Å²) in [6, 6.07) is 7.24. The highest BCUT2D eigenvalue weighted by Gasteiger charge is 2.36. The highest BCUT2D eigenvalue weighted by atomic mass is 31.2. The van der Waals surface area contributed by atoms with Gasteiger partial charge < -0.3 is 24.8 Å². The van der Waals surface area contributed by atoms with Crippen molar-refractivity contribution in [3.63, 3.8) is 0 Å². The smallest absolute Gasteiger partial charge is 0.459 e. The summed E-state index contributed by atoms with van der Waals surface area (Å²) in [7, 11) is -4.15. The van der Waals surface area contributed by atoms with Gasteiger partial charge in [-0.1, -0.05) is 18.2 Å². The Balaban J connectivity index is 1.49. The van der Waals surface area contributed by atoms with E-state index in [-0.39, 0.29) is 41.3 Å². The molecule has 0 fully saturated rings. The molecule has 1 aliphatic rings. The van der Waals surface area contributed by atoms with Crippen molar-refractivity contribution in [1.82, 2.24) is 24.6 Å². The Morgan fingerprint density at radius 3 is 2.76 bits per heavy atom. The molecule has 0 spiro atoms. The molecule has 4 rings (SSSR count). The van der Waals surface area contributed by atoms with E-state index in [1.807, 2.05) is 0 Å². The third kappa shape index (κ3) is 6.17. The standard InChI is InChI=1S/C22H27N6O8P/c1-12(2)34-21(31)13(3)27-37(32,36-14-7-5-4-6-8-14)33-10-15-9-16(29)20(35-15)28-11-24-17-18(28)25-22(23)26-19(17)30/h4-9,11-13,16,20,29H,10H2,1-3H3,(H,27,32)(H3,23,25,26,30)/t13-,16+,20+,37-/m0/s1. The number of benzene rings is 1. The van der Waals surface area contributed by atoms with Crippen molar-refractivity contribution in [3.05, 3.63) is 58.8 Å². The number of nitrogens with one attached hydrogen (secondary N) is 2. The van der Waals surface area contributed by atoms with Crippen LogP contribution in [0.4, 0.5) is 5.95 Å². The number of aliphatic hydroxyl groups excluding tert-OH is 1. The van der Waals surface area contributed by atoms with Crippen LogP contribution in [0.3, 0.4) is 0 Å². The van der Waals surface area contributed by atoms with Crippen LogP contribution < -0.4 is 20.9 Å². The van der Waals surface area contributed by atoms with E-state index in [1.165, 1.54) is 23.9 Å². The number of hydrogen-bond acceptors (Lipinski definition) is 11. The zero-order valence-corrected chi connectivity index (χ0v) is 21.1. The van der Waals surface area contributed by atoms with E-state index in [1.54, 1.807) is 44.2 Å². The first kappa shape index (κ1) is 26.4. The van der Waals surface area contributed by atoms with Gasteiger partial charge in [0, 0.05) is 0 Å². The molecule has 14 nitrogen and oxygen atoms in total. The van der Waals surface area contributed by atoms with Gasteiger partial charge in [0.2, 0.25) is 12.2 Å². The van der Waals surface area contributed by atoms with Crippen molar-refractivity contribution in [2.75, 3.05) is 12.3 Å². The zero-order valence-electron chi connectivity index (χ0n) is 20.2. The van der Waals surface area contributed by atoms with E-state index in [0.717, 1.165) is 0 Å². The predicted octanol–water partition coefficient (Wildman–Crippen LogP) is 1.61. The molecule has 1 aromatic carbocycles. The number of ether oxygens (including phenoxy) is 2. The first-order chi connectivity index (χ1) is 17.5. The number of nitrogens with two attached hydrogens (primary N) is 1. The second-order valence-electron chi connectivity index (χ2n) is 8.42. The maximum absolute atomic E-state index is 13.6. The van der Waals surface area contributed by atoms with Crippen LogP contribution in [0.25, 0.3) is 11.2 Å². The summed E-state index contributed by atoms with van der Waals surface area (Å²) < 4.78 is 37.0. The molecule has 15 heteroatoms. The van der Waals surface area contributed by atoms with Crippen LogP contribution in [-0.4, -0.2) is 55.5 Å². The fourth-order valence-electron chi connectivity index (χ4n) is 3.45. The normalized spacial score (nSPS) is 19.8. The highest BCUT2D eigenvalue weighted by Crippen LogP contribution is 2.46. The van der Waals surface area contributed by atoms with E-state index < -0.39 is 37.6 Å². The van der Waals surface area contributed by atoms with Crippen LogP contribution in [0.15, 0.2) is 53.3 Å². The number of esters is 1. The van der Waals surface area contributed by atoms with E-state index in [0.29, 0.717) is 0 Å².